The second-order valence-electron chi connectivity index (χ2n) is 5.18. The molecular formula is C15H21N3O3S. The molecule has 1 heterocycles. The molecule has 0 unspecified atom stereocenters. The van der Waals surface area contributed by atoms with Crippen molar-refractivity contribution in [2.45, 2.75) is 23.8 Å². The van der Waals surface area contributed by atoms with E-state index in [1.807, 2.05) is 7.05 Å². The second kappa shape index (κ2) is 7.04. The van der Waals surface area contributed by atoms with Crippen LogP contribution in [0.3, 0.4) is 0 Å². The van der Waals surface area contributed by atoms with Gasteiger partial charge in [-0.1, -0.05) is 6.58 Å². The lowest BCUT2D eigenvalue weighted by molar-refractivity contribution is -0.111. The Morgan fingerprint density at radius 3 is 2.36 bits per heavy atom. The van der Waals surface area contributed by atoms with Gasteiger partial charge >= 0.3 is 0 Å². The Morgan fingerprint density at radius 2 is 1.86 bits per heavy atom. The molecule has 120 valence electrons. The molecule has 1 aromatic carbocycles. The van der Waals surface area contributed by atoms with Crippen molar-refractivity contribution in [2.75, 3.05) is 25.5 Å². The molecule has 1 fully saturated rings. The quantitative estimate of drug-likeness (QED) is 0.798. The van der Waals surface area contributed by atoms with E-state index >= 15 is 0 Å². The van der Waals surface area contributed by atoms with Crippen LogP contribution in [0.1, 0.15) is 12.8 Å². The van der Waals surface area contributed by atoms with Crippen molar-refractivity contribution >= 4 is 21.6 Å². The van der Waals surface area contributed by atoms with E-state index in [0.717, 1.165) is 18.9 Å². The zero-order valence-corrected chi connectivity index (χ0v) is 13.4. The Labute approximate surface area is 131 Å². The molecular weight excluding hydrogens is 302 g/mol. The fourth-order valence-corrected chi connectivity index (χ4v) is 3.91. The fourth-order valence-electron chi connectivity index (χ4n) is 2.44. The van der Waals surface area contributed by atoms with Gasteiger partial charge in [-0.2, -0.15) is 4.31 Å². The van der Waals surface area contributed by atoms with Crippen LogP contribution < -0.4 is 10.6 Å². The van der Waals surface area contributed by atoms with Gasteiger partial charge in [0.2, 0.25) is 15.9 Å². The van der Waals surface area contributed by atoms with Crippen molar-refractivity contribution in [3.63, 3.8) is 0 Å². The summed E-state index contributed by atoms with van der Waals surface area (Å²) < 4.78 is 26.7. The van der Waals surface area contributed by atoms with E-state index in [0.29, 0.717) is 24.8 Å². The lowest BCUT2D eigenvalue weighted by atomic mass is 10.1. The molecule has 6 nitrogen and oxygen atoms in total. The molecule has 22 heavy (non-hydrogen) atoms. The molecule has 2 rings (SSSR count). The number of piperidine rings is 1. The third-order valence-corrected chi connectivity index (χ3v) is 5.72. The minimum Gasteiger partial charge on any atom is -0.323 e. The first-order valence-corrected chi connectivity index (χ1v) is 8.62. The van der Waals surface area contributed by atoms with Gasteiger partial charge in [0.25, 0.3) is 0 Å². The standard InChI is InChI=1S/C15H21N3O3S/c1-3-15(19)17-13-4-6-14(7-5-13)22(20,21)18-10-8-12(16-2)9-11-18/h3-7,12,16H,1,8-11H2,2H3,(H,17,19). The van der Waals surface area contributed by atoms with Crippen LogP contribution in [0.4, 0.5) is 5.69 Å². The minimum atomic E-state index is -3.47. The van der Waals surface area contributed by atoms with Crippen molar-refractivity contribution < 1.29 is 13.2 Å². The molecule has 0 aromatic heterocycles. The lowest BCUT2D eigenvalue weighted by Gasteiger charge is -2.31. The highest BCUT2D eigenvalue weighted by molar-refractivity contribution is 7.89. The van der Waals surface area contributed by atoms with Gasteiger partial charge in [-0.3, -0.25) is 4.79 Å². The molecule has 0 atom stereocenters. The SMILES string of the molecule is C=CC(=O)Nc1ccc(S(=O)(=O)N2CCC(NC)CC2)cc1. The van der Waals surface area contributed by atoms with Crippen LogP contribution in [0, 0.1) is 0 Å². The summed E-state index contributed by atoms with van der Waals surface area (Å²) in [6.45, 7) is 4.40. The fraction of sp³-hybridized carbons (Fsp3) is 0.400. The molecule has 0 saturated carbocycles. The molecule has 7 heteroatoms. The molecule has 1 saturated heterocycles. The number of anilines is 1. The van der Waals surface area contributed by atoms with Crippen LogP contribution in [0.25, 0.3) is 0 Å². The van der Waals surface area contributed by atoms with Crippen LogP contribution in [-0.2, 0) is 14.8 Å². The predicted octanol–water partition coefficient (Wildman–Crippen LogP) is 1.18. The molecule has 1 aliphatic rings. The van der Waals surface area contributed by atoms with Crippen molar-refractivity contribution in [1.29, 1.82) is 0 Å². The lowest BCUT2D eigenvalue weighted by Crippen LogP contribution is -2.43. The number of hydrogen-bond acceptors (Lipinski definition) is 4. The maximum absolute atomic E-state index is 12.6. The smallest absolute Gasteiger partial charge is 0.247 e. The molecule has 2 N–H and O–H groups in total. The van der Waals surface area contributed by atoms with Gasteiger partial charge in [0.05, 0.1) is 4.90 Å². The van der Waals surface area contributed by atoms with Crippen molar-refractivity contribution in [3.05, 3.63) is 36.9 Å². The highest BCUT2D eigenvalue weighted by Gasteiger charge is 2.28. The van der Waals surface area contributed by atoms with Gasteiger partial charge in [-0.15, -0.1) is 0 Å². The molecule has 0 bridgehead atoms. The number of hydrogen-bond donors (Lipinski definition) is 2. The highest BCUT2D eigenvalue weighted by Crippen LogP contribution is 2.22. The van der Waals surface area contributed by atoms with Crippen LogP contribution in [0.2, 0.25) is 0 Å². The average molecular weight is 323 g/mol. The minimum absolute atomic E-state index is 0.243. The number of benzene rings is 1. The van der Waals surface area contributed by atoms with Crippen LogP contribution in [0.5, 0.6) is 0 Å². The van der Waals surface area contributed by atoms with Gasteiger partial charge in [0.1, 0.15) is 0 Å². The molecule has 1 amide bonds. The number of amides is 1. The van der Waals surface area contributed by atoms with Crippen LogP contribution >= 0.6 is 0 Å². The first-order valence-electron chi connectivity index (χ1n) is 7.18. The number of nitrogens with zero attached hydrogens (tertiary/aromatic N) is 1. The van der Waals surface area contributed by atoms with Gasteiger partial charge in [-0.25, -0.2) is 8.42 Å². The summed E-state index contributed by atoms with van der Waals surface area (Å²) in [6.07, 6.45) is 2.78. The second-order valence-corrected chi connectivity index (χ2v) is 7.12. The molecule has 0 aliphatic carbocycles. The van der Waals surface area contributed by atoms with E-state index in [-0.39, 0.29) is 10.8 Å². The zero-order chi connectivity index (χ0) is 16.2. The number of sulfonamides is 1. The van der Waals surface area contributed by atoms with E-state index < -0.39 is 10.0 Å². The Hall–Kier alpha value is -1.70. The number of nitrogens with one attached hydrogen (secondary N) is 2. The Morgan fingerprint density at radius 1 is 1.27 bits per heavy atom. The van der Waals surface area contributed by atoms with E-state index in [1.54, 1.807) is 12.1 Å². The summed E-state index contributed by atoms with van der Waals surface area (Å²) >= 11 is 0. The summed E-state index contributed by atoms with van der Waals surface area (Å²) in [5.74, 6) is -0.329. The summed E-state index contributed by atoms with van der Waals surface area (Å²) in [5, 5.41) is 5.77. The van der Waals surface area contributed by atoms with Crippen molar-refractivity contribution in [1.82, 2.24) is 9.62 Å². The maximum Gasteiger partial charge on any atom is 0.247 e. The summed E-state index contributed by atoms with van der Waals surface area (Å²) in [6, 6.07) is 6.56. The molecule has 1 aliphatic heterocycles. The topological polar surface area (TPSA) is 78.5 Å². The first kappa shape index (κ1) is 16.7. The van der Waals surface area contributed by atoms with E-state index in [4.69, 9.17) is 0 Å². The number of carbonyl (C=O) groups is 1. The predicted molar refractivity (Wildman–Crippen MR) is 86.1 cm³/mol. The zero-order valence-electron chi connectivity index (χ0n) is 12.6. The third-order valence-electron chi connectivity index (χ3n) is 3.81. The van der Waals surface area contributed by atoms with Gasteiger partial charge in [-0.05, 0) is 50.2 Å². The number of carbonyl (C=O) groups excluding carboxylic acids is 1. The van der Waals surface area contributed by atoms with Crippen LogP contribution in [0.15, 0.2) is 41.8 Å². The third kappa shape index (κ3) is 3.73. The van der Waals surface area contributed by atoms with Gasteiger partial charge in [0.15, 0.2) is 0 Å². The maximum atomic E-state index is 12.6. The molecule has 0 radical (unpaired) electrons. The largest absolute Gasteiger partial charge is 0.323 e. The average Bonchev–Trinajstić information content (AvgIpc) is 2.55. The highest BCUT2D eigenvalue weighted by atomic mass is 32.2. The summed E-state index contributed by atoms with van der Waals surface area (Å²) in [5.41, 5.74) is 0.540. The van der Waals surface area contributed by atoms with Gasteiger partial charge in [0, 0.05) is 24.8 Å². The van der Waals surface area contributed by atoms with E-state index in [2.05, 4.69) is 17.2 Å². The normalized spacial score (nSPS) is 17.1. The molecule has 1 aromatic rings. The first-order chi connectivity index (χ1) is 10.5. The van der Waals surface area contributed by atoms with Crippen molar-refractivity contribution in [2.24, 2.45) is 0 Å². The Balaban J connectivity index is 2.09. The van der Waals surface area contributed by atoms with E-state index in [9.17, 15) is 13.2 Å². The van der Waals surface area contributed by atoms with Crippen LogP contribution in [-0.4, -0.2) is 44.8 Å². The van der Waals surface area contributed by atoms with Gasteiger partial charge < -0.3 is 10.6 Å². The number of rotatable bonds is 5. The summed E-state index contributed by atoms with van der Waals surface area (Å²) in [7, 11) is -1.58. The summed E-state index contributed by atoms with van der Waals surface area (Å²) in [4.78, 5) is 11.5. The van der Waals surface area contributed by atoms with E-state index in [1.165, 1.54) is 16.4 Å². The Bertz CT molecular complexity index is 633. The van der Waals surface area contributed by atoms with Crippen molar-refractivity contribution in [3.8, 4) is 0 Å². The molecule has 0 spiro atoms. The monoisotopic (exact) mass is 323 g/mol. The Kier molecular flexibility index (Phi) is 5.33.